The maximum absolute atomic E-state index is 12.3. The third kappa shape index (κ3) is 17.2. The van der Waals surface area contributed by atoms with E-state index in [1.807, 2.05) is 36.4 Å². The molecule has 49 heavy (non-hydrogen) atoms. The van der Waals surface area contributed by atoms with Crippen LogP contribution in [0, 0.1) is 0 Å². The number of unbranched alkanes of at least 4 members (excludes halogenated alkanes) is 12. The molecule has 276 valence electrons. The number of hydrogen-bond acceptors (Lipinski definition) is 4. The van der Waals surface area contributed by atoms with Gasteiger partial charge in [-0.25, -0.2) is 9.59 Å². The predicted molar refractivity (Wildman–Crippen MR) is 212 cm³/mol. The van der Waals surface area contributed by atoms with Gasteiger partial charge in [-0.3, -0.25) is 0 Å². The van der Waals surface area contributed by atoms with Crippen molar-refractivity contribution in [1.82, 2.24) is 0 Å². The van der Waals surface area contributed by atoms with Crippen LogP contribution in [0.25, 0.3) is 0 Å². The van der Waals surface area contributed by atoms with Gasteiger partial charge in [-0.2, -0.15) is 0 Å². The molecule has 0 heterocycles. The van der Waals surface area contributed by atoms with Gasteiger partial charge in [0.15, 0.2) is 0 Å². The van der Waals surface area contributed by atoms with Gasteiger partial charge in [0.25, 0.3) is 0 Å². The summed E-state index contributed by atoms with van der Waals surface area (Å²) in [4.78, 5) is 26.3. The van der Waals surface area contributed by atoms with E-state index in [9.17, 15) is 19.8 Å². The number of aromatic carboxylic acids is 2. The summed E-state index contributed by atoms with van der Waals surface area (Å²) < 4.78 is 1.04. The van der Waals surface area contributed by atoms with E-state index >= 15 is 0 Å². The van der Waals surface area contributed by atoms with Crippen LogP contribution in [0.2, 0.25) is 0 Å². The lowest BCUT2D eigenvalue weighted by Gasteiger charge is -2.44. The summed E-state index contributed by atoms with van der Waals surface area (Å²) in [6.45, 7) is 13.4. The molecular formula is C42H68NO4S2+. The second-order valence-electron chi connectivity index (χ2n) is 14.1. The van der Waals surface area contributed by atoms with Crippen molar-refractivity contribution in [3.05, 3.63) is 59.7 Å². The summed E-state index contributed by atoms with van der Waals surface area (Å²) in [5.41, 5.74) is 0.812. The van der Waals surface area contributed by atoms with Crippen molar-refractivity contribution in [3.8, 4) is 0 Å². The van der Waals surface area contributed by atoms with E-state index in [0.29, 0.717) is 21.6 Å². The zero-order chi connectivity index (χ0) is 35.7. The minimum absolute atomic E-state index is 0.311. The lowest BCUT2D eigenvalue weighted by molar-refractivity contribution is -0.927. The molecule has 2 aromatic carbocycles. The minimum atomic E-state index is -0.854. The average molecular weight is 715 g/mol. The molecule has 0 bridgehead atoms. The quantitative estimate of drug-likeness (QED) is 0.0477. The number of thioether (sulfide) groups is 2. The van der Waals surface area contributed by atoms with Gasteiger partial charge in [-0.15, -0.1) is 23.5 Å². The molecule has 2 aromatic rings. The minimum Gasteiger partial charge on any atom is -0.478 e. The predicted octanol–water partition coefficient (Wildman–Crippen LogP) is 12.6. The molecule has 0 aliphatic rings. The maximum atomic E-state index is 12.3. The van der Waals surface area contributed by atoms with Gasteiger partial charge >= 0.3 is 11.9 Å². The third-order valence-corrected chi connectivity index (χ3v) is 12.4. The number of benzene rings is 2. The molecule has 0 aromatic heterocycles. The highest BCUT2D eigenvalue weighted by Crippen LogP contribution is 2.36. The summed E-state index contributed by atoms with van der Waals surface area (Å²) in [5, 5.41) is 20.7. The summed E-state index contributed by atoms with van der Waals surface area (Å²) in [6.07, 6.45) is 21.6. The van der Waals surface area contributed by atoms with Crippen molar-refractivity contribution in [1.29, 1.82) is 0 Å². The second-order valence-corrected chi connectivity index (χ2v) is 16.7. The van der Waals surface area contributed by atoms with Gasteiger partial charge in [0, 0.05) is 9.79 Å². The molecule has 0 spiro atoms. The number of carboxylic acids is 2. The Morgan fingerprint density at radius 2 is 0.878 bits per heavy atom. The Morgan fingerprint density at radius 3 is 1.24 bits per heavy atom. The van der Waals surface area contributed by atoms with Crippen LogP contribution >= 0.6 is 23.5 Å². The fourth-order valence-electron chi connectivity index (χ4n) is 6.99. The van der Waals surface area contributed by atoms with E-state index in [4.69, 9.17) is 0 Å². The SMILES string of the molecule is CCCCCCC[N+](CCCCCCC)(CC(CCCCC)Sc1ccccc1C(=O)O)CC(CCCCC)Sc1ccccc1C(=O)O. The van der Waals surface area contributed by atoms with Gasteiger partial charge in [0.05, 0.1) is 47.8 Å². The molecule has 0 aliphatic carbocycles. The third-order valence-electron chi connectivity index (χ3n) is 9.74. The van der Waals surface area contributed by atoms with E-state index in [0.717, 1.165) is 79.0 Å². The van der Waals surface area contributed by atoms with E-state index in [1.54, 1.807) is 35.7 Å². The first-order valence-electron chi connectivity index (χ1n) is 19.6. The number of nitrogens with zero attached hydrogens (tertiary/aromatic N) is 1. The van der Waals surface area contributed by atoms with Crippen molar-refractivity contribution < 1.29 is 24.3 Å². The van der Waals surface area contributed by atoms with Crippen LogP contribution in [-0.2, 0) is 0 Å². The van der Waals surface area contributed by atoms with Crippen LogP contribution in [0.1, 0.15) is 164 Å². The molecular weight excluding hydrogens is 647 g/mol. The Balaban J connectivity index is 2.57. The first-order valence-corrected chi connectivity index (χ1v) is 21.4. The molecule has 0 amide bonds. The maximum Gasteiger partial charge on any atom is 0.336 e. The molecule has 0 radical (unpaired) electrons. The van der Waals surface area contributed by atoms with Gasteiger partial charge in [-0.1, -0.05) is 129 Å². The summed E-state index contributed by atoms with van der Waals surface area (Å²) >= 11 is 3.59. The molecule has 2 unspecified atom stereocenters. The van der Waals surface area contributed by atoms with Gasteiger partial charge in [0.2, 0.25) is 0 Å². The Hall–Kier alpha value is -1.96. The summed E-state index contributed by atoms with van der Waals surface area (Å²) in [6, 6.07) is 15.1. The molecule has 0 saturated carbocycles. The van der Waals surface area contributed by atoms with Crippen molar-refractivity contribution in [3.63, 3.8) is 0 Å². The first-order chi connectivity index (χ1) is 23.8. The van der Waals surface area contributed by atoms with Crippen LogP contribution in [-0.4, -0.2) is 63.3 Å². The lowest BCUT2D eigenvalue weighted by atomic mass is 10.0. The zero-order valence-corrected chi connectivity index (χ0v) is 32.9. The summed E-state index contributed by atoms with van der Waals surface area (Å²) in [7, 11) is 0. The van der Waals surface area contributed by atoms with Crippen LogP contribution in [0.3, 0.4) is 0 Å². The van der Waals surface area contributed by atoms with Gasteiger partial charge in [0.1, 0.15) is 0 Å². The molecule has 2 atom stereocenters. The number of rotatable bonds is 30. The van der Waals surface area contributed by atoms with Crippen molar-refractivity contribution in [2.45, 2.75) is 164 Å². The number of quaternary nitrogens is 1. The van der Waals surface area contributed by atoms with Crippen molar-refractivity contribution in [2.24, 2.45) is 0 Å². The molecule has 0 saturated heterocycles. The van der Waals surface area contributed by atoms with Crippen molar-refractivity contribution in [2.75, 3.05) is 26.2 Å². The van der Waals surface area contributed by atoms with Crippen LogP contribution in [0.4, 0.5) is 0 Å². The highest BCUT2D eigenvalue weighted by Gasteiger charge is 2.35. The molecule has 5 nitrogen and oxygen atoms in total. The second kappa shape index (κ2) is 25.9. The van der Waals surface area contributed by atoms with E-state index in [1.165, 1.54) is 77.0 Å². The molecule has 2 rings (SSSR count). The van der Waals surface area contributed by atoms with Crippen LogP contribution in [0.15, 0.2) is 58.3 Å². The highest BCUT2D eigenvalue weighted by atomic mass is 32.2. The highest BCUT2D eigenvalue weighted by molar-refractivity contribution is 8.00. The zero-order valence-electron chi connectivity index (χ0n) is 31.3. The Labute approximate surface area is 308 Å². The monoisotopic (exact) mass is 714 g/mol. The Bertz CT molecular complexity index is 1100. The van der Waals surface area contributed by atoms with Crippen LogP contribution < -0.4 is 0 Å². The molecule has 0 fully saturated rings. The number of hydrogen-bond donors (Lipinski definition) is 2. The number of carbonyl (C=O) groups is 2. The molecule has 7 heteroatoms. The summed E-state index contributed by atoms with van der Waals surface area (Å²) in [5.74, 6) is -1.71. The smallest absolute Gasteiger partial charge is 0.336 e. The van der Waals surface area contributed by atoms with E-state index in [-0.39, 0.29) is 0 Å². The lowest BCUT2D eigenvalue weighted by Crippen LogP contribution is -2.56. The van der Waals surface area contributed by atoms with Gasteiger partial charge in [-0.05, 0) is 62.8 Å². The van der Waals surface area contributed by atoms with Crippen LogP contribution in [0.5, 0.6) is 0 Å². The van der Waals surface area contributed by atoms with Crippen molar-refractivity contribution >= 4 is 35.5 Å². The molecule has 2 N–H and O–H groups in total. The fourth-order valence-corrected chi connectivity index (χ4v) is 9.93. The largest absolute Gasteiger partial charge is 0.478 e. The van der Waals surface area contributed by atoms with Gasteiger partial charge < -0.3 is 14.7 Å². The average Bonchev–Trinajstić information content (AvgIpc) is 3.08. The molecule has 0 aliphatic heterocycles. The van der Waals surface area contributed by atoms with E-state index in [2.05, 4.69) is 27.7 Å². The first kappa shape index (κ1) is 43.2. The Kier molecular flexibility index (Phi) is 22.8. The standard InChI is InChI=1S/C42H67NO4S2/c1-5-9-13-15-23-31-43(32-24-16-14-10-6-2,33-35(25-17-11-7-3)48-39-29-21-19-27-37(39)41(44)45)34-36(26-18-12-8-4)49-40-30-22-20-28-38(40)42(46)47/h19-22,27-30,35-36H,5-18,23-26,31-34H2,1-4H3,(H-,44,45,46,47)/p+1. The topological polar surface area (TPSA) is 74.6 Å². The van der Waals surface area contributed by atoms with E-state index < -0.39 is 11.9 Å². The fraction of sp³-hybridized carbons (Fsp3) is 0.667. The number of carboxylic acid groups (broad SMARTS) is 2. The normalized spacial score (nSPS) is 13.0. The Morgan fingerprint density at radius 1 is 0.531 bits per heavy atom.